The van der Waals surface area contributed by atoms with Crippen molar-refractivity contribution < 1.29 is 14.2 Å². The number of aromatic hydroxyl groups is 1. The van der Waals surface area contributed by atoms with Crippen molar-refractivity contribution in [2.75, 3.05) is 13.3 Å². The topological polar surface area (TPSA) is 46.8 Å². The number of fused-ring (bicyclic) bond motifs is 1. The van der Waals surface area contributed by atoms with Crippen molar-refractivity contribution in [1.29, 1.82) is 0 Å². The Morgan fingerprint density at radius 3 is 2.67 bits per heavy atom. The minimum absolute atomic E-state index is 0.228. The van der Waals surface area contributed by atoms with E-state index in [-0.39, 0.29) is 12.4 Å². The van der Waals surface area contributed by atoms with Crippen LogP contribution < -0.4 is 4.74 Å². The first kappa shape index (κ1) is 13.4. The van der Waals surface area contributed by atoms with Gasteiger partial charge in [0.25, 0.3) is 0 Å². The second-order valence-electron chi connectivity index (χ2n) is 4.69. The van der Waals surface area contributed by atoms with Gasteiger partial charge in [-0.25, -0.2) is 4.98 Å². The van der Waals surface area contributed by atoms with Gasteiger partial charge in [0, 0.05) is 18.2 Å². The molecule has 0 saturated carbocycles. The van der Waals surface area contributed by atoms with Gasteiger partial charge < -0.3 is 14.2 Å². The molecule has 21 heavy (non-hydrogen) atoms. The number of benzene rings is 1. The standard InChI is InChI=1S/C16H15FN2O2/c17-8-1-9-21-14-6-7-16-18-15(11-19(16)10-14)12-2-4-13(20)5-3-12/h2-7,10-11,20H,1,8-9H2/i17-1. The quantitative estimate of drug-likeness (QED) is 0.730. The highest BCUT2D eigenvalue weighted by molar-refractivity contribution is 5.63. The zero-order chi connectivity index (χ0) is 14.7. The number of halogens is 1. The Kier molecular flexibility index (Phi) is 3.73. The average molecular weight is 285 g/mol. The summed E-state index contributed by atoms with van der Waals surface area (Å²) in [4.78, 5) is 4.52. The molecule has 0 aliphatic rings. The fourth-order valence-corrected chi connectivity index (χ4v) is 2.07. The molecule has 0 radical (unpaired) electrons. The lowest BCUT2D eigenvalue weighted by molar-refractivity contribution is 0.288. The highest BCUT2D eigenvalue weighted by atomic mass is 18.2. The van der Waals surface area contributed by atoms with E-state index >= 15 is 0 Å². The Morgan fingerprint density at radius 2 is 1.90 bits per heavy atom. The predicted molar refractivity (Wildman–Crippen MR) is 78.4 cm³/mol. The first-order valence-electron chi connectivity index (χ1n) is 6.73. The monoisotopic (exact) mass is 285 g/mol. The normalized spacial score (nSPS) is 10.9. The van der Waals surface area contributed by atoms with Crippen LogP contribution in [0.5, 0.6) is 11.5 Å². The molecule has 4 nitrogen and oxygen atoms in total. The molecular weight excluding hydrogens is 270 g/mol. The molecule has 0 saturated heterocycles. The Hall–Kier alpha value is -2.56. The molecule has 2 heterocycles. The number of imidazole rings is 1. The number of ether oxygens (including phenoxy) is 1. The minimum Gasteiger partial charge on any atom is -0.508 e. The van der Waals surface area contributed by atoms with Crippen molar-refractivity contribution in [1.82, 2.24) is 9.38 Å². The summed E-state index contributed by atoms with van der Waals surface area (Å²) >= 11 is 0. The summed E-state index contributed by atoms with van der Waals surface area (Å²) in [6.45, 7) is -0.0140. The van der Waals surface area contributed by atoms with E-state index in [1.165, 1.54) is 0 Å². The number of phenols is 1. The first-order valence-corrected chi connectivity index (χ1v) is 6.73. The number of nitrogens with zero attached hydrogens (tertiary/aromatic N) is 2. The van der Waals surface area contributed by atoms with E-state index in [9.17, 15) is 9.50 Å². The highest BCUT2D eigenvalue weighted by Gasteiger charge is 2.05. The third kappa shape index (κ3) is 2.97. The van der Waals surface area contributed by atoms with Crippen LogP contribution in [0, 0.1) is 0 Å². The first-order chi connectivity index (χ1) is 10.3. The number of hydrogen-bond donors (Lipinski definition) is 1. The van der Waals surface area contributed by atoms with Crippen LogP contribution >= 0.6 is 0 Å². The van der Waals surface area contributed by atoms with E-state index in [0.29, 0.717) is 18.8 Å². The number of aromatic nitrogens is 2. The van der Waals surface area contributed by atoms with Crippen LogP contribution in [0.3, 0.4) is 0 Å². The van der Waals surface area contributed by atoms with E-state index < -0.39 is 0 Å². The zero-order valence-corrected chi connectivity index (χ0v) is 11.4. The number of hydrogen-bond acceptors (Lipinski definition) is 3. The summed E-state index contributed by atoms with van der Waals surface area (Å²) in [5.41, 5.74) is 2.54. The van der Waals surface area contributed by atoms with Crippen molar-refractivity contribution >= 4 is 5.65 Å². The van der Waals surface area contributed by atoms with E-state index in [4.69, 9.17) is 4.74 Å². The van der Waals surface area contributed by atoms with Gasteiger partial charge in [0.15, 0.2) is 0 Å². The molecule has 1 N–H and O–H groups in total. The molecule has 0 spiro atoms. The van der Waals surface area contributed by atoms with Crippen molar-refractivity contribution in [3.05, 3.63) is 48.8 Å². The van der Waals surface area contributed by atoms with Crippen LogP contribution in [0.15, 0.2) is 48.8 Å². The van der Waals surface area contributed by atoms with Gasteiger partial charge in [-0.05, 0) is 36.4 Å². The van der Waals surface area contributed by atoms with Crippen molar-refractivity contribution in [2.45, 2.75) is 6.42 Å². The number of alkyl halides is 1. The molecule has 0 aliphatic carbocycles. The Labute approximate surface area is 121 Å². The van der Waals surface area contributed by atoms with Gasteiger partial charge in [0.1, 0.15) is 17.1 Å². The Bertz CT molecular complexity index is 738. The van der Waals surface area contributed by atoms with Crippen LogP contribution in [0.25, 0.3) is 16.9 Å². The van der Waals surface area contributed by atoms with Crippen molar-refractivity contribution in [3.63, 3.8) is 0 Å². The second-order valence-corrected chi connectivity index (χ2v) is 4.69. The largest absolute Gasteiger partial charge is 0.508 e. The third-order valence-electron chi connectivity index (χ3n) is 3.13. The maximum Gasteiger partial charge on any atom is 0.137 e. The summed E-state index contributed by atoms with van der Waals surface area (Å²) < 4.78 is 19.4. The fourth-order valence-electron chi connectivity index (χ4n) is 2.07. The molecule has 0 aliphatic heterocycles. The molecule has 2 aromatic heterocycles. The van der Waals surface area contributed by atoms with Crippen molar-refractivity contribution in [2.24, 2.45) is 0 Å². The Balaban J connectivity index is 1.87. The lowest BCUT2D eigenvalue weighted by atomic mass is 10.2. The molecule has 5 heteroatoms. The molecule has 0 unspecified atom stereocenters. The maximum absolute atomic E-state index is 12.1. The van der Waals surface area contributed by atoms with Crippen molar-refractivity contribution in [3.8, 4) is 22.8 Å². The molecule has 0 fully saturated rings. The SMILES string of the molecule is Oc1ccc(-c2cn3cc(OCCC[18F])ccc3n2)cc1. The summed E-state index contributed by atoms with van der Waals surface area (Å²) in [5.74, 6) is 0.914. The van der Waals surface area contributed by atoms with Crippen LogP contribution in [0.4, 0.5) is 4.39 Å². The molecule has 1 aromatic carbocycles. The van der Waals surface area contributed by atoms with Gasteiger partial charge in [-0.3, -0.25) is 4.39 Å². The average Bonchev–Trinajstić information content (AvgIpc) is 2.91. The molecule has 0 atom stereocenters. The number of phenolic OH excluding ortho intramolecular Hbond substituents is 1. The van der Waals surface area contributed by atoms with Crippen LogP contribution in [-0.4, -0.2) is 27.8 Å². The van der Waals surface area contributed by atoms with E-state index in [2.05, 4.69) is 4.98 Å². The van der Waals surface area contributed by atoms with Crippen LogP contribution in [0.1, 0.15) is 6.42 Å². The van der Waals surface area contributed by atoms with Gasteiger partial charge in [-0.1, -0.05) is 0 Å². The summed E-state index contributed by atoms with van der Waals surface area (Å²) in [6, 6.07) is 10.6. The van der Waals surface area contributed by atoms with Crippen LogP contribution in [0.2, 0.25) is 0 Å². The minimum atomic E-state index is -0.377. The molecule has 3 rings (SSSR count). The van der Waals surface area contributed by atoms with Gasteiger partial charge in [0.2, 0.25) is 0 Å². The lowest BCUT2D eigenvalue weighted by Gasteiger charge is -2.04. The molecule has 108 valence electrons. The molecule has 0 amide bonds. The maximum atomic E-state index is 12.1. The summed E-state index contributed by atoms with van der Waals surface area (Å²) in [5, 5.41) is 9.31. The number of pyridine rings is 1. The third-order valence-corrected chi connectivity index (χ3v) is 3.13. The van der Waals surface area contributed by atoms with E-state index in [0.717, 1.165) is 16.9 Å². The van der Waals surface area contributed by atoms with E-state index in [1.54, 1.807) is 12.1 Å². The van der Waals surface area contributed by atoms with E-state index in [1.807, 2.05) is 41.1 Å². The molecule has 3 aromatic rings. The van der Waals surface area contributed by atoms with Gasteiger partial charge >= 0.3 is 0 Å². The Morgan fingerprint density at radius 1 is 1.10 bits per heavy atom. The highest BCUT2D eigenvalue weighted by Crippen LogP contribution is 2.23. The molecule has 0 bridgehead atoms. The zero-order valence-electron chi connectivity index (χ0n) is 11.4. The summed E-state index contributed by atoms with van der Waals surface area (Å²) in [6.07, 6.45) is 4.11. The lowest BCUT2D eigenvalue weighted by Crippen LogP contribution is -1.98. The van der Waals surface area contributed by atoms with Crippen LogP contribution in [-0.2, 0) is 0 Å². The molecular formula is C16H15FN2O2. The second kappa shape index (κ2) is 5.83. The predicted octanol–water partition coefficient (Wildman–Crippen LogP) is 3.45. The van der Waals surface area contributed by atoms with Gasteiger partial charge in [-0.2, -0.15) is 0 Å². The number of rotatable bonds is 5. The van der Waals surface area contributed by atoms with Gasteiger partial charge in [0.05, 0.1) is 25.2 Å². The summed E-state index contributed by atoms with van der Waals surface area (Å²) in [7, 11) is 0. The fraction of sp³-hybridized carbons (Fsp3) is 0.188. The van der Waals surface area contributed by atoms with Gasteiger partial charge in [-0.15, -0.1) is 0 Å². The smallest absolute Gasteiger partial charge is 0.137 e.